The summed E-state index contributed by atoms with van der Waals surface area (Å²) in [7, 11) is 1.56. The molecule has 0 amide bonds. The van der Waals surface area contributed by atoms with Gasteiger partial charge in [0.25, 0.3) is 0 Å². The molecule has 90 valence electrons. The Balaban J connectivity index is 4.71. The summed E-state index contributed by atoms with van der Waals surface area (Å²) in [6, 6.07) is 0. The molecule has 3 heteroatoms. The second-order valence-corrected chi connectivity index (χ2v) is 4.98. The minimum atomic E-state index is -0.736. The Morgan fingerprint density at radius 3 is 2.13 bits per heavy atom. The van der Waals surface area contributed by atoms with Crippen LogP contribution in [0.25, 0.3) is 0 Å². The highest BCUT2D eigenvalue weighted by molar-refractivity contribution is 5.75. The van der Waals surface area contributed by atoms with Crippen LogP contribution < -0.4 is 0 Å². The smallest absolute Gasteiger partial charge is 0.312 e. The van der Waals surface area contributed by atoms with Gasteiger partial charge in [0.1, 0.15) is 0 Å². The third-order valence-corrected chi connectivity index (χ3v) is 3.10. The third kappa shape index (κ3) is 3.82. The molecule has 0 aliphatic heterocycles. The molecular formula is C12H24O3. The number of methoxy groups -OCH3 is 1. The Hall–Kier alpha value is -0.570. The molecule has 0 saturated carbocycles. The molecular weight excluding hydrogens is 192 g/mol. The molecule has 0 aromatic rings. The van der Waals surface area contributed by atoms with Gasteiger partial charge in [0.2, 0.25) is 0 Å². The maximum absolute atomic E-state index is 11.4. The molecule has 0 radical (unpaired) electrons. The van der Waals surface area contributed by atoms with Gasteiger partial charge in [0, 0.05) is 7.11 Å². The number of carboxylic acid groups (broad SMARTS) is 1. The van der Waals surface area contributed by atoms with Crippen molar-refractivity contribution in [3.05, 3.63) is 0 Å². The van der Waals surface area contributed by atoms with Gasteiger partial charge in [0.15, 0.2) is 0 Å². The van der Waals surface area contributed by atoms with Gasteiger partial charge in [-0.3, -0.25) is 4.79 Å². The van der Waals surface area contributed by atoms with Gasteiger partial charge in [0.05, 0.1) is 12.0 Å². The first kappa shape index (κ1) is 14.4. The van der Waals surface area contributed by atoms with Crippen LogP contribution in [0.4, 0.5) is 0 Å². The van der Waals surface area contributed by atoms with Crippen molar-refractivity contribution in [1.29, 1.82) is 0 Å². The zero-order chi connectivity index (χ0) is 12.1. The van der Waals surface area contributed by atoms with E-state index in [4.69, 9.17) is 4.74 Å². The van der Waals surface area contributed by atoms with E-state index in [2.05, 4.69) is 13.8 Å². The summed E-state index contributed by atoms with van der Waals surface area (Å²) >= 11 is 0. The molecule has 0 aliphatic rings. The van der Waals surface area contributed by atoms with Gasteiger partial charge >= 0.3 is 5.97 Å². The predicted octanol–water partition coefficient (Wildman–Crippen LogP) is 2.80. The van der Waals surface area contributed by atoms with Crippen molar-refractivity contribution in [2.75, 3.05) is 13.7 Å². The second-order valence-electron chi connectivity index (χ2n) is 4.98. The average molecular weight is 216 g/mol. The zero-order valence-corrected chi connectivity index (χ0v) is 10.5. The van der Waals surface area contributed by atoms with Gasteiger partial charge in [-0.25, -0.2) is 0 Å². The topological polar surface area (TPSA) is 46.5 Å². The summed E-state index contributed by atoms with van der Waals surface area (Å²) in [5.74, 6) is -0.118. The highest BCUT2D eigenvalue weighted by Gasteiger charge is 2.41. The summed E-state index contributed by atoms with van der Waals surface area (Å²) in [5, 5.41) is 9.36. The molecule has 0 rings (SSSR count). The molecule has 1 atom stereocenters. The summed E-state index contributed by atoms with van der Waals surface area (Å²) in [5.41, 5.74) is -0.723. The molecule has 0 aromatic carbocycles. The van der Waals surface area contributed by atoms with E-state index in [1.807, 2.05) is 13.8 Å². The van der Waals surface area contributed by atoms with Crippen LogP contribution in [0, 0.1) is 17.3 Å². The van der Waals surface area contributed by atoms with Crippen LogP contribution in [0.3, 0.4) is 0 Å². The molecule has 0 spiro atoms. The summed E-state index contributed by atoms with van der Waals surface area (Å²) in [6.45, 7) is 8.42. The maximum Gasteiger partial charge on any atom is 0.312 e. The van der Waals surface area contributed by atoms with E-state index in [-0.39, 0.29) is 5.92 Å². The van der Waals surface area contributed by atoms with Gasteiger partial charge in [-0.1, -0.05) is 27.7 Å². The highest BCUT2D eigenvalue weighted by atomic mass is 16.5. The van der Waals surface area contributed by atoms with E-state index >= 15 is 0 Å². The Morgan fingerprint density at radius 1 is 1.33 bits per heavy atom. The Morgan fingerprint density at radius 2 is 1.87 bits per heavy atom. The molecule has 3 nitrogen and oxygen atoms in total. The van der Waals surface area contributed by atoms with Crippen LogP contribution in [-0.2, 0) is 9.53 Å². The average Bonchev–Trinajstić information content (AvgIpc) is 2.10. The number of carboxylic acids is 1. The Bertz CT molecular complexity index is 199. The first-order valence-corrected chi connectivity index (χ1v) is 5.59. The van der Waals surface area contributed by atoms with Crippen molar-refractivity contribution in [2.24, 2.45) is 17.3 Å². The number of aliphatic carboxylic acids is 1. The maximum atomic E-state index is 11.4. The molecule has 1 N–H and O–H groups in total. The molecule has 0 heterocycles. The Labute approximate surface area is 92.8 Å². The number of ether oxygens (including phenoxy) is 1. The van der Waals surface area contributed by atoms with Gasteiger partial charge in [-0.05, 0) is 24.7 Å². The standard InChI is InChI=1S/C12H24O3/c1-9(2)6-7-12(8-15-5,10(3)4)11(13)14/h9-10H,6-8H2,1-5H3,(H,13,14). The normalized spacial score (nSPS) is 15.7. The van der Waals surface area contributed by atoms with E-state index in [9.17, 15) is 9.90 Å². The lowest BCUT2D eigenvalue weighted by Gasteiger charge is -2.33. The van der Waals surface area contributed by atoms with Crippen LogP contribution in [0.5, 0.6) is 0 Å². The minimum absolute atomic E-state index is 0.0914. The molecule has 0 bridgehead atoms. The van der Waals surface area contributed by atoms with E-state index in [0.29, 0.717) is 18.9 Å². The molecule has 0 fully saturated rings. The van der Waals surface area contributed by atoms with E-state index in [0.717, 1.165) is 6.42 Å². The molecule has 0 aliphatic carbocycles. The lowest BCUT2D eigenvalue weighted by atomic mass is 9.73. The molecule has 1 unspecified atom stereocenters. The molecule has 0 saturated heterocycles. The Kier molecular flexibility index (Phi) is 5.88. The quantitative estimate of drug-likeness (QED) is 0.711. The number of hydrogen-bond acceptors (Lipinski definition) is 2. The molecule has 15 heavy (non-hydrogen) atoms. The van der Waals surface area contributed by atoms with Gasteiger partial charge < -0.3 is 9.84 Å². The second kappa shape index (κ2) is 6.11. The van der Waals surface area contributed by atoms with Crippen LogP contribution in [-0.4, -0.2) is 24.8 Å². The van der Waals surface area contributed by atoms with E-state index in [1.54, 1.807) is 7.11 Å². The van der Waals surface area contributed by atoms with Crippen LogP contribution in [0.15, 0.2) is 0 Å². The fourth-order valence-electron chi connectivity index (χ4n) is 1.75. The first-order chi connectivity index (χ1) is 6.86. The fourth-order valence-corrected chi connectivity index (χ4v) is 1.75. The first-order valence-electron chi connectivity index (χ1n) is 5.59. The van der Waals surface area contributed by atoms with Crippen molar-refractivity contribution in [1.82, 2.24) is 0 Å². The van der Waals surface area contributed by atoms with E-state index in [1.165, 1.54) is 0 Å². The van der Waals surface area contributed by atoms with Crippen molar-refractivity contribution >= 4 is 5.97 Å². The SMILES string of the molecule is COCC(CCC(C)C)(C(=O)O)C(C)C. The summed E-state index contributed by atoms with van der Waals surface area (Å²) < 4.78 is 5.08. The minimum Gasteiger partial charge on any atom is -0.481 e. The van der Waals surface area contributed by atoms with Crippen LogP contribution in [0.2, 0.25) is 0 Å². The number of rotatable bonds is 7. The third-order valence-electron chi connectivity index (χ3n) is 3.10. The number of carbonyl (C=O) groups is 1. The summed E-state index contributed by atoms with van der Waals surface area (Å²) in [4.78, 5) is 11.4. The van der Waals surface area contributed by atoms with E-state index < -0.39 is 11.4 Å². The lowest BCUT2D eigenvalue weighted by molar-refractivity contribution is -0.157. The molecule has 0 aromatic heterocycles. The van der Waals surface area contributed by atoms with Gasteiger partial charge in [-0.2, -0.15) is 0 Å². The summed E-state index contributed by atoms with van der Waals surface area (Å²) in [6.07, 6.45) is 1.61. The highest BCUT2D eigenvalue weighted by Crippen LogP contribution is 2.35. The van der Waals surface area contributed by atoms with Crippen molar-refractivity contribution in [3.63, 3.8) is 0 Å². The van der Waals surface area contributed by atoms with Crippen molar-refractivity contribution in [2.45, 2.75) is 40.5 Å². The monoisotopic (exact) mass is 216 g/mol. The number of hydrogen-bond donors (Lipinski definition) is 1. The van der Waals surface area contributed by atoms with Crippen LogP contribution >= 0.6 is 0 Å². The fraction of sp³-hybridized carbons (Fsp3) is 0.917. The lowest BCUT2D eigenvalue weighted by Crippen LogP contribution is -2.40. The predicted molar refractivity (Wildman–Crippen MR) is 60.9 cm³/mol. The van der Waals surface area contributed by atoms with Crippen LogP contribution in [0.1, 0.15) is 40.5 Å². The largest absolute Gasteiger partial charge is 0.481 e. The zero-order valence-electron chi connectivity index (χ0n) is 10.5. The van der Waals surface area contributed by atoms with Gasteiger partial charge in [-0.15, -0.1) is 0 Å². The van der Waals surface area contributed by atoms with Crippen molar-refractivity contribution in [3.8, 4) is 0 Å². The van der Waals surface area contributed by atoms with Crippen molar-refractivity contribution < 1.29 is 14.6 Å².